The van der Waals surface area contributed by atoms with E-state index in [-0.39, 0.29) is 5.91 Å². The number of methoxy groups -OCH3 is 2. The summed E-state index contributed by atoms with van der Waals surface area (Å²) in [4.78, 5) is 12.7. The monoisotopic (exact) mass is 427 g/mol. The molecule has 1 heterocycles. The number of anilines is 1. The fourth-order valence-electron chi connectivity index (χ4n) is 3.04. The SMILES string of the molecule is COc1ccc(NC(=O)c2cccc(-c3ccc(Oc4ccccc4OC)nn3)c2)cc1. The van der Waals surface area contributed by atoms with Gasteiger partial charge in [-0.05, 0) is 54.6 Å². The van der Waals surface area contributed by atoms with Crippen LogP contribution in [0.15, 0.2) is 84.9 Å². The Bertz CT molecular complexity index is 1210. The smallest absolute Gasteiger partial charge is 0.255 e. The van der Waals surface area contributed by atoms with Gasteiger partial charge in [0, 0.05) is 22.9 Å². The molecule has 4 aromatic rings. The van der Waals surface area contributed by atoms with Gasteiger partial charge in [-0.3, -0.25) is 4.79 Å². The van der Waals surface area contributed by atoms with Gasteiger partial charge in [0.1, 0.15) is 5.75 Å². The molecule has 7 nitrogen and oxygen atoms in total. The van der Waals surface area contributed by atoms with Crippen molar-refractivity contribution in [2.24, 2.45) is 0 Å². The molecule has 0 aliphatic heterocycles. The predicted molar refractivity (Wildman–Crippen MR) is 121 cm³/mol. The van der Waals surface area contributed by atoms with Crippen LogP contribution >= 0.6 is 0 Å². The van der Waals surface area contributed by atoms with Crippen molar-refractivity contribution in [1.82, 2.24) is 10.2 Å². The van der Waals surface area contributed by atoms with E-state index in [9.17, 15) is 4.79 Å². The number of carbonyl (C=O) groups excluding carboxylic acids is 1. The number of nitrogens with one attached hydrogen (secondary N) is 1. The van der Waals surface area contributed by atoms with Crippen LogP contribution in [0.25, 0.3) is 11.3 Å². The highest BCUT2D eigenvalue weighted by molar-refractivity contribution is 6.04. The Hall–Kier alpha value is -4.39. The van der Waals surface area contributed by atoms with Crippen LogP contribution in [0.5, 0.6) is 23.1 Å². The topological polar surface area (TPSA) is 82.6 Å². The molecule has 1 N–H and O–H groups in total. The fourth-order valence-corrected chi connectivity index (χ4v) is 3.04. The molecule has 160 valence electrons. The third kappa shape index (κ3) is 4.84. The van der Waals surface area contributed by atoms with Gasteiger partial charge in [-0.1, -0.05) is 24.3 Å². The quantitative estimate of drug-likeness (QED) is 0.436. The minimum Gasteiger partial charge on any atom is -0.497 e. The van der Waals surface area contributed by atoms with Gasteiger partial charge in [-0.15, -0.1) is 10.2 Å². The summed E-state index contributed by atoms with van der Waals surface area (Å²) in [7, 11) is 3.17. The van der Waals surface area contributed by atoms with Gasteiger partial charge in [0.15, 0.2) is 11.5 Å². The van der Waals surface area contributed by atoms with Gasteiger partial charge >= 0.3 is 0 Å². The normalized spacial score (nSPS) is 10.3. The van der Waals surface area contributed by atoms with Gasteiger partial charge in [0.25, 0.3) is 5.91 Å². The first kappa shape index (κ1) is 20.9. The number of nitrogens with zero attached hydrogens (tertiary/aromatic N) is 2. The standard InChI is InChI=1S/C25H21N3O4/c1-30-20-12-10-19(11-13-20)26-25(29)18-7-5-6-17(16-18)21-14-15-24(28-27-21)32-23-9-4-3-8-22(23)31-2/h3-16H,1-2H3,(H,26,29). The molecule has 3 aromatic carbocycles. The minimum atomic E-state index is -0.221. The average Bonchev–Trinajstić information content (AvgIpc) is 2.85. The minimum absolute atomic E-state index is 0.221. The second kappa shape index (κ2) is 9.61. The molecule has 0 unspecified atom stereocenters. The molecule has 1 amide bonds. The van der Waals surface area contributed by atoms with Crippen molar-refractivity contribution >= 4 is 11.6 Å². The fraction of sp³-hybridized carbons (Fsp3) is 0.0800. The van der Waals surface area contributed by atoms with E-state index in [0.29, 0.717) is 34.3 Å². The number of benzene rings is 3. The summed E-state index contributed by atoms with van der Waals surface area (Å²) in [5, 5.41) is 11.3. The Labute approximate surface area is 185 Å². The van der Waals surface area contributed by atoms with Crippen molar-refractivity contribution < 1.29 is 19.0 Å². The maximum absolute atomic E-state index is 12.7. The number of hydrogen-bond donors (Lipinski definition) is 1. The van der Waals surface area contributed by atoms with Gasteiger partial charge in [-0.2, -0.15) is 0 Å². The average molecular weight is 427 g/mol. The number of amides is 1. The van der Waals surface area contributed by atoms with E-state index in [1.54, 1.807) is 80.9 Å². The third-order valence-electron chi connectivity index (χ3n) is 4.69. The van der Waals surface area contributed by atoms with E-state index in [4.69, 9.17) is 14.2 Å². The lowest BCUT2D eigenvalue weighted by molar-refractivity contribution is 0.102. The first-order valence-corrected chi connectivity index (χ1v) is 9.87. The number of aromatic nitrogens is 2. The molecule has 32 heavy (non-hydrogen) atoms. The van der Waals surface area contributed by atoms with Gasteiger partial charge in [-0.25, -0.2) is 0 Å². The van der Waals surface area contributed by atoms with E-state index in [1.165, 1.54) is 0 Å². The van der Waals surface area contributed by atoms with Crippen molar-refractivity contribution in [2.75, 3.05) is 19.5 Å². The zero-order valence-electron chi connectivity index (χ0n) is 17.6. The molecule has 0 aliphatic rings. The maximum atomic E-state index is 12.7. The van der Waals surface area contributed by atoms with E-state index < -0.39 is 0 Å². The number of ether oxygens (including phenoxy) is 3. The van der Waals surface area contributed by atoms with E-state index in [2.05, 4.69) is 15.5 Å². The Morgan fingerprint density at radius 3 is 2.25 bits per heavy atom. The summed E-state index contributed by atoms with van der Waals surface area (Å²) in [6.07, 6.45) is 0. The number of para-hydroxylation sites is 2. The van der Waals surface area contributed by atoms with Gasteiger partial charge in [0.2, 0.25) is 5.88 Å². The number of hydrogen-bond acceptors (Lipinski definition) is 6. The Kier molecular flexibility index (Phi) is 6.27. The molecule has 1 aromatic heterocycles. The summed E-state index contributed by atoms with van der Waals surface area (Å²) in [5.74, 6) is 2.00. The summed E-state index contributed by atoms with van der Waals surface area (Å²) < 4.78 is 16.2. The molecule has 0 saturated heterocycles. The molecule has 0 spiro atoms. The molecule has 0 bridgehead atoms. The molecule has 0 saturated carbocycles. The van der Waals surface area contributed by atoms with Crippen LogP contribution in [-0.4, -0.2) is 30.3 Å². The zero-order chi connectivity index (χ0) is 22.3. The van der Waals surface area contributed by atoms with Crippen molar-refractivity contribution in [3.8, 4) is 34.4 Å². The summed E-state index contributed by atoms with van der Waals surface area (Å²) in [6, 6.07) is 25.1. The molecule has 0 atom stereocenters. The Balaban J connectivity index is 1.48. The maximum Gasteiger partial charge on any atom is 0.255 e. The third-order valence-corrected chi connectivity index (χ3v) is 4.69. The van der Waals surface area contributed by atoms with Crippen LogP contribution in [0.3, 0.4) is 0 Å². The van der Waals surface area contributed by atoms with Crippen molar-refractivity contribution in [2.45, 2.75) is 0 Å². The highest BCUT2D eigenvalue weighted by Crippen LogP contribution is 2.30. The molecular weight excluding hydrogens is 406 g/mol. The first-order chi connectivity index (χ1) is 15.7. The predicted octanol–water partition coefficient (Wildman–Crippen LogP) is 5.21. The lowest BCUT2D eigenvalue weighted by atomic mass is 10.1. The molecular formula is C25H21N3O4. The van der Waals surface area contributed by atoms with Crippen molar-refractivity contribution in [3.05, 3.63) is 90.5 Å². The lowest BCUT2D eigenvalue weighted by Crippen LogP contribution is -2.11. The highest BCUT2D eigenvalue weighted by atomic mass is 16.5. The van der Waals surface area contributed by atoms with Crippen LogP contribution in [0.4, 0.5) is 5.69 Å². The van der Waals surface area contributed by atoms with Crippen LogP contribution in [0.1, 0.15) is 10.4 Å². The van der Waals surface area contributed by atoms with E-state index in [1.807, 2.05) is 18.2 Å². The lowest BCUT2D eigenvalue weighted by Gasteiger charge is -2.09. The van der Waals surface area contributed by atoms with Crippen molar-refractivity contribution in [1.29, 1.82) is 0 Å². The van der Waals surface area contributed by atoms with Crippen LogP contribution in [0, 0.1) is 0 Å². The molecule has 0 radical (unpaired) electrons. The summed E-state index contributed by atoms with van der Waals surface area (Å²) >= 11 is 0. The molecule has 7 heteroatoms. The van der Waals surface area contributed by atoms with Crippen LogP contribution in [-0.2, 0) is 0 Å². The Morgan fingerprint density at radius 2 is 1.56 bits per heavy atom. The summed E-state index contributed by atoms with van der Waals surface area (Å²) in [6.45, 7) is 0. The Morgan fingerprint density at radius 1 is 0.781 bits per heavy atom. The van der Waals surface area contributed by atoms with Crippen LogP contribution < -0.4 is 19.5 Å². The second-order valence-electron chi connectivity index (χ2n) is 6.77. The molecule has 4 rings (SSSR count). The van der Waals surface area contributed by atoms with Crippen molar-refractivity contribution in [3.63, 3.8) is 0 Å². The van der Waals surface area contributed by atoms with Crippen LogP contribution in [0.2, 0.25) is 0 Å². The van der Waals surface area contributed by atoms with Gasteiger partial charge in [0.05, 0.1) is 19.9 Å². The molecule has 0 aliphatic carbocycles. The first-order valence-electron chi connectivity index (χ1n) is 9.87. The number of carbonyl (C=O) groups is 1. The highest BCUT2D eigenvalue weighted by Gasteiger charge is 2.10. The zero-order valence-corrected chi connectivity index (χ0v) is 17.6. The van der Waals surface area contributed by atoms with Gasteiger partial charge < -0.3 is 19.5 Å². The van der Waals surface area contributed by atoms with E-state index in [0.717, 1.165) is 11.3 Å². The molecule has 0 fully saturated rings. The number of rotatable bonds is 7. The van der Waals surface area contributed by atoms with E-state index >= 15 is 0 Å². The summed E-state index contributed by atoms with van der Waals surface area (Å²) in [5.41, 5.74) is 2.58. The largest absolute Gasteiger partial charge is 0.497 e. The second-order valence-corrected chi connectivity index (χ2v) is 6.77.